The molecule has 0 unspecified atom stereocenters. The van der Waals surface area contributed by atoms with Crippen LogP contribution in [0.25, 0.3) is 0 Å². The molecule has 0 saturated heterocycles. The number of amides is 1. The van der Waals surface area contributed by atoms with Crippen molar-refractivity contribution >= 4 is 23.5 Å². The molecule has 1 amide bonds. The third-order valence-corrected chi connectivity index (χ3v) is 3.68. The van der Waals surface area contributed by atoms with Gasteiger partial charge in [0.05, 0.1) is 17.9 Å². The van der Waals surface area contributed by atoms with E-state index in [1.165, 1.54) is 0 Å². The lowest BCUT2D eigenvalue weighted by molar-refractivity contribution is -0.140. The minimum atomic E-state index is -0.911. The van der Waals surface area contributed by atoms with Gasteiger partial charge in [0.1, 0.15) is 0 Å². The van der Waals surface area contributed by atoms with Gasteiger partial charge in [-0.2, -0.15) is 0 Å². The fraction of sp³-hybridized carbons (Fsp3) is 0.429. The maximum absolute atomic E-state index is 11.8. The van der Waals surface area contributed by atoms with Crippen molar-refractivity contribution in [3.8, 4) is 0 Å². The molecule has 1 aliphatic carbocycles. The number of rotatable bonds is 6. The van der Waals surface area contributed by atoms with Crippen LogP contribution in [0.2, 0.25) is 5.02 Å². The Hall–Kier alpha value is -1.59. The van der Waals surface area contributed by atoms with E-state index in [-0.39, 0.29) is 12.0 Å². The fourth-order valence-electron chi connectivity index (χ4n) is 2.10. The van der Waals surface area contributed by atoms with Crippen molar-refractivity contribution < 1.29 is 19.4 Å². The van der Waals surface area contributed by atoms with Crippen molar-refractivity contribution in [1.29, 1.82) is 0 Å². The average molecular weight is 298 g/mol. The predicted octanol–water partition coefficient (Wildman–Crippen LogP) is 1.86. The first-order chi connectivity index (χ1) is 9.52. The van der Waals surface area contributed by atoms with E-state index in [0.717, 1.165) is 5.56 Å². The summed E-state index contributed by atoms with van der Waals surface area (Å²) in [6.45, 7) is 0.305. The van der Waals surface area contributed by atoms with Crippen LogP contribution in [0.4, 0.5) is 0 Å². The van der Waals surface area contributed by atoms with Crippen LogP contribution in [0.5, 0.6) is 0 Å². The SMILES string of the molecule is CO[C@H](CNC(=O)[C@@H]1C[C@@H]1C(=O)O)c1ccc(Cl)cc1. The van der Waals surface area contributed by atoms with Gasteiger partial charge in [-0.05, 0) is 24.1 Å². The molecule has 1 aromatic rings. The molecule has 1 aromatic carbocycles. The molecule has 1 saturated carbocycles. The lowest BCUT2D eigenvalue weighted by atomic mass is 10.1. The summed E-state index contributed by atoms with van der Waals surface area (Å²) in [6.07, 6.45) is 0.137. The number of hydrogen-bond acceptors (Lipinski definition) is 3. The quantitative estimate of drug-likeness (QED) is 0.840. The van der Waals surface area contributed by atoms with Gasteiger partial charge in [0, 0.05) is 18.7 Å². The molecule has 1 aliphatic rings. The first-order valence-electron chi connectivity index (χ1n) is 6.31. The standard InChI is InChI=1S/C14H16ClNO4/c1-20-12(8-2-4-9(15)5-3-8)7-16-13(17)10-6-11(10)14(18)19/h2-5,10-12H,6-7H2,1H3,(H,16,17)(H,18,19)/t10-,11+,12-/m1/s1. The summed E-state index contributed by atoms with van der Waals surface area (Å²) < 4.78 is 5.33. The number of hydrogen-bond donors (Lipinski definition) is 2. The van der Waals surface area contributed by atoms with Crippen molar-refractivity contribution in [3.05, 3.63) is 34.9 Å². The van der Waals surface area contributed by atoms with Crippen LogP contribution in [-0.4, -0.2) is 30.6 Å². The van der Waals surface area contributed by atoms with E-state index in [0.29, 0.717) is 18.0 Å². The van der Waals surface area contributed by atoms with E-state index in [9.17, 15) is 9.59 Å². The van der Waals surface area contributed by atoms with E-state index in [4.69, 9.17) is 21.4 Å². The number of nitrogens with one attached hydrogen (secondary N) is 1. The zero-order chi connectivity index (χ0) is 14.7. The molecule has 0 radical (unpaired) electrons. The molecule has 2 rings (SSSR count). The summed E-state index contributed by atoms with van der Waals surface area (Å²) in [6, 6.07) is 7.18. The summed E-state index contributed by atoms with van der Waals surface area (Å²) >= 11 is 5.82. The van der Waals surface area contributed by atoms with Crippen molar-refractivity contribution in [3.63, 3.8) is 0 Å². The highest BCUT2D eigenvalue weighted by Gasteiger charge is 2.48. The second-order valence-electron chi connectivity index (χ2n) is 4.81. The summed E-state index contributed by atoms with van der Waals surface area (Å²) in [5.41, 5.74) is 0.905. The van der Waals surface area contributed by atoms with E-state index in [1.807, 2.05) is 12.1 Å². The monoisotopic (exact) mass is 297 g/mol. The molecule has 3 atom stereocenters. The summed E-state index contributed by atoms with van der Waals surface area (Å²) in [5, 5.41) is 12.2. The molecule has 0 spiro atoms. The van der Waals surface area contributed by atoms with Crippen LogP contribution in [-0.2, 0) is 14.3 Å². The number of carbonyl (C=O) groups is 2. The molecule has 6 heteroatoms. The molecule has 1 fully saturated rings. The molecular weight excluding hydrogens is 282 g/mol. The van der Waals surface area contributed by atoms with Crippen LogP contribution in [0, 0.1) is 11.8 Å². The van der Waals surface area contributed by atoms with Gasteiger partial charge in [0.15, 0.2) is 0 Å². The van der Waals surface area contributed by atoms with Crippen molar-refractivity contribution in [2.45, 2.75) is 12.5 Å². The van der Waals surface area contributed by atoms with Gasteiger partial charge in [0.2, 0.25) is 5.91 Å². The van der Waals surface area contributed by atoms with Crippen LogP contribution < -0.4 is 5.32 Å². The number of ether oxygens (including phenoxy) is 1. The van der Waals surface area contributed by atoms with Gasteiger partial charge in [-0.15, -0.1) is 0 Å². The fourth-order valence-corrected chi connectivity index (χ4v) is 2.22. The smallest absolute Gasteiger partial charge is 0.307 e. The maximum atomic E-state index is 11.8. The zero-order valence-electron chi connectivity index (χ0n) is 11.0. The van der Waals surface area contributed by atoms with E-state index in [1.54, 1.807) is 19.2 Å². The highest BCUT2D eigenvalue weighted by molar-refractivity contribution is 6.30. The normalized spacial score (nSPS) is 22.1. The number of halogens is 1. The molecule has 20 heavy (non-hydrogen) atoms. The first kappa shape index (κ1) is 14.8. The number of carboxylic acids is 1. The second kappa shape index (κ2) is 6.24. The zero-order valence-corrected chi connectivity index (χ0v) is 11.8. The number of aliphatic carboxylic acids is 1. The van der Waals surface area contributed by atoms with Gasteiger partial charge in [0.25, 0.3) is 0 Å². The lowest BCUT2D eigenvalue weighted by Gasteiger charge is -2.16. The van der Waals surface area contributed by atoms with Crippen LogP contribution >= 0.6 is 11.6 Å². The third kappa shape index (κ3) is 3.49. The Labute approximate surface area is 121 Å². The topological polar surface area (TPSA) is 75.6 Å². The van der Waals surface area contributed by atoms with Crippen molar-refractivity contribution in [2.24, 2.45) is 11.8 Å². The van der Waals surface area contributed by atoms with E-state index >= 15 is 0 Å². The van der Waals surface area contributed by atoms with E-state index < -0.39 is 17.8 Å². The van der Waals surface area contributed by atoms with E-state index in [2.05, 4.69) is 5.32 Å². The number of carboxylic acid groups (broad SMARTS) is 1. The Morgan fingerprint density at radius 3 is 2.55 bits per heavy atom. The second-order valence-corrected chi connectivity index (χ2v) is 5.24. The minimum Gasteiger partial charge on any atom is -0.481 e. The number of benzene rings is 1. The van der Waals surface area contributed by atoms with Gasteiger partial charge in [-0.25, -0.2) is 0 Å². The van der Waals surface area contributed by atoms with Crippen LogP contribution in [0.15, 0.2) is 24.3 Å². The van der Waals surface area contributed by atoms with Gasteiger partial charge in [-0.1, -0.05) is 23.7 Å². The summed E-state index contributed by atoms with van der Waals surface area (Å²) in [5.74, 6) is -2.08. The highest BCUT2D eigenvalue weighted by Crippen LogP contribution is 2.38. The van der Waals surface area contributed by atoms with Gasteiger partial charge >= 0.3 is 5.97 Å². The molecule has 0 aliphatic heterocycles. The highest BCUT2D eigenvalue weighted by atomic mass is 35.5. The maximum Gasteiger partial charge on any atom is 0.307 e. The largest absolute Gasteiger partial charge is 0.481 e. The molecule has 0 aromatic heterocycles. The Balaban J connectivity index is 1.87. The molecule has 108 valence electrons. The minimum absolute atomic E-state index is 0.228. The van der Waals surface area contributed by atoms with Crippen LogP contribution in [0.3, 0.4) is 0 Å². The van der Waals surface area contributed by atoms with Gasteiger partial charge in [-0.3, -0.25) is 9.59 Å². The Bertz CT molecular complexity index is 502. The predicted molar refractivity (Wildman–Crippen MR) is 73.4 cm³/mol. The first-order valence-corrected chi connectivity index (χ1v) is 6.69. The van der Waals surface area contributed by atoms with Gasteiger partial charge < -0.3 is 15.2 Å². The Kier molecular flexibility index (Phi) is 4.62. The molecule has 5 nitrogen and oxygen atoms in total. The Morgan fingerprint density at radius 1 is 1.40 bits per heavy atom. The number of carbonyl (C=O) groups excluding carboxylic acids is 1. The average Bonchev–Trinajstić information content (AvgIpc) is 3.21. The summed E-state index contributed by atoms with van der Waals surface area (Å²) in [4.78, 5) is 22.5. The summed E-state index contributed by atoms with van der Waals surface area (Å²) in [7, 11) is 1.56. The molecule has 2 N–H and O–H groups in total. The lowest BCUT2D eigenvalue weighted by Crippen LogP contribution is -2.31. The molecular formula is C14H16ClNO4. The molecule has 0 heterocycles. The van der Waals surface area contributed by atoms with Crippen molar-refractivity contribution in [1.82, 2.24) is 5.32 Å². The van der Waals surface area contributed by atoms with Crippen LogP contribution in [0.1, 0.15) is 18.1 Å². The molecule has 0 bridgehead atoms. The number of methoxy groups -OCH3 is 1. The Morgan fingerprint density at radius 2 is 2.05 bits per heavy atom. The third-order valence-electron chi connectivity index (χ3n) is 3.43. The van der Waals surface area contributed by atoms with Crippen molar-refractivity contribution in [2.75, 3.05) is 13.7 Å².